The first-order valence-corrected chi connectivity index (χ1v) is 4.80. The molecule has 1 heterocycles. The highest BCUT2D eigenvalue weighted by atomic mass is 79.9. The number of nitrogens with zero attached hydrogens (tertiary/aromatic N) is 1. The van der Waals surface area contributed by atoms with Crippen molar-refractivity contribution in [1.29, 1.82) is 0 Å². The van der Waals surface area contributed by atoms with E-state index in [4.69, 9.17) is 10.5 Å². The van der Waals surface area contributed by atoms with Crippen LogP contribution in [0.5, 0.6) is 0 Å². The lowest BCUT2D eigenvalue weighted by molar-refractivity contribution is 0.0872. The summed E-state index contributed by atoms with van der Waals surface area (Å²) in [4.78, 5) is 4.35. The summed E-state index contributed by atoms with van der Waals surface area (Å²) in [7, 11) is 0. The van der Waals surface area contributed by atoms with Crippen molar-refractivity contribution in [3.05, 3.63) is 10.7 Å². The van der Waals surface area contributed by atoms with Gasteiger partial charge >= 0.3 is 0 Å². The van der Waals surface area contributed by atoms with E-state index in [2.05, 4.69) is 20.9 Å². The quantitative estimate of drug-likeness (QED) is 0.733. The van der Waals surface area contributed by atoms with Crippen molar-refractivity contribution in [3.63, 3.8) is 0 Å². The second-order valence-corrected chi connectivity index (χ2v) is 3.59. The maximum Gasteiger partial charge on any atom is 0.0543 e. The Morgan fingerprint density at radius 1 is 1.50 bits per heavy atom. The Morgan fingerprint density at radius 2 is 2.17 bits per heavy atom. The Labute approximate surface area is 80.8 Å². The van der Waals surface area contributed by atoms with Gasteiger partial charge in [-0.25, -0.2) is 0 Å². The van der Waals surface area contributed by atoms with Gasteiger partial charge in [0, 0.05) is 25.6 Å². The predicted octanol–water partition coefficient (Wildman–Crippen LogP) is 1.43. The largest absolute Gasteiger partial charge is 0.404 e. The number of hydrogen-bond acceptors (Lipinski definition) is 3. The fourth-order valence-corrected chi connectivity index (χ4v) is 1.17. The summed E-state index contributed by atoms with van der Waals surface area (Å²) < 4.78 is 6.04. The smallest absolute Gasteiger partial charge is 0.0543 e. The van der Waals surface area contributed by atoms with Gasteiger partial charge in [0.1, 0.15) is 0 Å². The van der Waals surface area contributed by atoms with Gasteiger partial charge in [0.25, 0.3) is 0 Å². The van der Waals surface area contributed by atoms with Crippen LogP contribution in [0.2, 0.25) is 0 Å². The molecule has 2 N–H and O–H groups in total. The third-order valence-electron chi connectivity index (χ3n) is 1.76. The van der Waals surface area contributed by atoms with Gasteiger partial charge in [0.15, 0.2) is 0 Å². The van der Waals surface area contributed by atoms with E-state index in [9.17, 15) is 0 Å². The number of ether oxygens (including phenoxy) is 1. The minimum atomic E-state index is 0.409. The fraction of sp³-hybridized carbons (Fsp3) is 0.625. The van der Waals surface area contributed by atoms with Crippen LogP contribution in [0.1, 0.15) is 12.8 Å². The Hall–Kier alpha value is -0.350. The molecule has 0 aromatic heterocycles. The van der Waals surface area contributed by atoms with E-state index < -0.39 is 0 Å². The number of halogens is 1. The minimum Gasteiger partial charge on any atom is -0.404 e. The lowest BCUT2D eigenvalue weighted by Gasteiger charge is -2.17. The highest BCUT2D eigenvalue weighted by Gasteiger charge is 2.10. The van der Waals surface area contributed by atoms with Crippen LogP contribution in [0.15, 0.2) is 15.7 Å². The van der Waals surface area contributed by atoms with Gasteiger partial charge in [0.05, 0.1) is 10.5 Å². The van der Waals surface area contributed by atoms with Gasteiger partial charge in [-0.1, -0.05) is 0 Å². The molecule has 1 rings (SSSR count). The second-order valence-electron chi connectivity index (χ2n) is 2.67. The Morgan fingerprint density at radius 3 is 2.75 bits per heavy atom. The average Bonchev–Trinajstić information content (AvgIpc) is 2.16. The Bertz CT molecular complexity index is 185. The summed E-state index contributed by atoms with van der Waals surface area (Å²) in [5.41, 5.74) is 5.26. The fourth-order valence-electron chi connectivity index (χ4n) is 1.05. The van der Waals surface area contributed by atoms with Gasteiger partial charge in [-0.15, -0.1) is 0 Å². The van der Waals surface area contributed by atoms with Crippen molar-refractivity contribution in [2.24, 2.45) is 10.7 Å². The predicted molar refractivity (Wildman–Crippen MR) is 53.5 cm³/mol. The van der Waals surface area contributed by atoms with Crippen LogP contribution < -0.4 is 5.73 Å². The summed E-state index contributed by atoms with van der Waals surface area (Å²) >= 11 is 3.26. The van der Waals surface area contributed by atoms with Gasteiger partial charge in [-0.05, 0) is 28.8 Å². The topological polar surface area (TPSA) is 47.6 Å². The first-order valence-electron chi connectivity index (χ1n) is 4.01. The number of nitrogens with two attached hydrogens (primary N) is 1. The molecule has 0 unspecified atom stereocenters. The Kier molecular flexibility index (Phi) is 4.32. The molecule has 0 atom stereocenters. The summed E-state index contributed by atoms with van der Waals surface area (Å²) in [5.74, 6) is 0. The third-order valence-corrected chi connectivity index (χ3v) is 2.23. The normalized spacial score (nSPS) is 21.9. The maximum atomic E-state index is 5.26. The molecule has 1 aliphatic rings. The van der Waals surface area contributed by atoms with E-state index in [0.29, 0.717) is 6.04 Å². The molecule has 1 fully saturated rings. The van der Waals surface area contributed by atoms with E-state index in [1.54, 1.807) is 6.21 Å². The minimum absolute atomic E-state index is 0.409. The number of aliphatic imine (C=N–C) groups is 1. The van der Waals surface area contributed by atoms with E-state index in [1.165, 1.54) is 6.20 Å². The van der Waals surface area contributed by atoms with Crippen LogP contribution in [0.3, 0.4) is 0 Å². The molecule has 3 nitrogen and oxygen atoms in total. The van der Waals surface area contributed by atoms with Crippen molar-refractivity contribution >= 4 is 22.1 Å². The van der Waals surface area contributed by atoms with Crippen molar-refractivity contribution in [1.82, 2.24) is 0 Å². The van der Waals surface area contributed by atoms with Crippen molar-refractivity contribution in [3.8, 4) is 0 Å². The molecular weight excluding hydrogens is 220 g/mol. The Balaban J connectivity index is 2.33. The molecule has 0 radical (unpaired) electrons. The molecule has 68 valence electrons. The van der Waals surface area contributed by atoms with Crippen LogP contribution in [0.4, 0.5) is 0 Å². The molecule has 1 aliphatic heterocycles. The lowest BCUT2D eigenvalue weighted by Crippen LogP contribution is -2.18. The molecule has 12 heavy (non-hydrogen) atoms. The molecular formula is C8H13BrN2O. The van der Waals surface area contributed by atoms with Crippen molar-refractivity contribution in [2.45, 2.75) is 18.9 Å². The zero-order chi connectivity index (χ0) is 8.81. The molecule has 1 saturated heterocycles. The molecule has 4 heteroatoms. The van der Waals surface area contributed by atoms with Crippen molar-refractivity contribution < 1.29 is 4.74 Å². The van der Waals surface area contributed by atoms with Gasteiger partial charge in [-0.3, -0.25) is 4.99 Å². The summed E-state index contributed by atoms with van der Waals surface area (Å²) in [5, 5.41) is 0. The molecule has 0 aromatic carbocycles. The van der Waals surface area contributed by atoms with Gasteiger partial charge in [0.2, 0.25) is 0 Å². The van der Waals surface area contributed by atoms with Crippen LogP contribution in [-0.4, -0.2) is 25.5 Å². The van der Waals surface area contributed by atoms with Gasteiger partial charge in [-0.2, -0.15) is 0 Å². The van der Waals surface area contributed by atoms with E-state index in [1.807, 2.05) is 0 Å². The van der Waals surface area contributed by atoms with Crippen LogP contribution >= 0.6 is 15.9 Å². The summed E-state index contributed by atoms with van der Waals surface area (Å²) in [6.45, 7) is 1.65. The molecule has 0 saturated carbocycles. The second kappa shape index (κ2) is 5.32. The first-order chi connectivity index (χ1) is 5.83. The van der Waals surface area contributed by atoms with E-state index >= 15 is 0 Å². The van der Waals surface area contributed by atoms with Gasteiger partial charge < -0.3 is 10.5 Å². The monoisotopic (exact) mass is 232 g/mol. The zero-order valence-electron chi connectivity index (χ0n) is 6.87. The average molecular weight is 233 g/mol. The lowest BCUT2D eigenvalue weighted by atomic mass is 10.1. The number of rotatable bonds is 2. The molecule has 0 aliphatic carbocycles. The van der Waals surface area contributed by atoms with Crippen molar-refractivity contribution in [2.75, 3.05) is 13.2 Å². The highest BCUT2D eigenvalue weighted by Crippen LogP contribution is 2.10. The standard InChI is InChI=1S/C8H13BrN2O/c9-7(5-10)6-11-8-1-3-12-4-2-8/h5-6,8H,1-4,10H2. The molecule has 0 spiro atoms. The molecule has 0 amide bonds. The number of hydrogen-bond donors (Lipinski definition) is 1. The first kappa shape index (κ1) is 9.74. The maximum absolute atomic E-state index is 5.26. The highest BCUT2D eigenvalue weighted by molar-refractivity contribution is 9.12. The molecule has 0 aromatic rings. The molecule has 0 bridgehead atoms. The van der Waals surface area contributed by atoms with E-state index in [0.717, 1.165) is 30.5 Å². The summed E-state index contributed by atoms with van der Waals surface area (Å²) in [6.07, 6.45) is 5.28. The number of allylic oxidation sites excluding steroid dienone is 1. The summed E-state index contributed by atoms with van der Waals surface area (Å²) in [6, 6.07) is 0.409. The van der Waals surface area contributed by atoms with Crippen LogP contribution in [0, 0.1) is 0 Å². The SMILES string of the molecule is NC=C(Br)C=NC1CCOCC1. The van der Waals surface area contributed by atoms with Crippen LogP contribution in [0.25, 0.3) is 0 Å². The third kappa shape index (κ3) is 3.36. The zero-order valence-corrected chi connectivity index (χ0v) is 8.46. The van der Waals surface area contributed by atoms with E-state index in [-0.39, 0.29) is 0 Å². The van der Waals surface area contributed by atoms with Crippen LogP contribution in [-0.2, 0) is 4.74 Å².